The summed E-state index contributed by atoms with van der Waals surface area (Å²) in [6.45, 7) is 5.03. The van der Waals surface area contributed by atoms with E-state index in [2.05, 4.69) is 19.9 Å². The van der Waals surface area contributed by atoms with Gasteiger partial charge in [-0.2, -0.15) is 0 Å². The molecule has 0 bridgehead atoms. The first-order valence-electron chi connectivity index (χ1n) is 9.64. The number of hydrogen-bond donors (Lipinski definition) is 1. The topological polar surface area (TPSA) is 91.8 Å². The number of H-pyrrole nitrogens is 1. The van der Waals surface area contributed by atoms with Crippen LogP contribution >= 0.6 is 0 Å². The van der Waals surface area contributed by atoms with Crippen molar-refractivity contribution in [3.05, 3.63) is 42.5 Å². The van der Waals surface area contributed by atoms with Crippen LogP contribution in [0.4, 0.5) is 0 Å². The van der Waals surface area contributed by atoms with E-state index in [-0.39, 0.29) is 17.6 Å². The summed E-state index contributed by atoms with van der Waals surface area (Å²) < 4.78 is 26.7. The van der Waals surface area contributed by atoms with Gasteiger partial charge in [-0.15, -0.1) is 0 Å². The molecule has 1 atom stereocenters. The van der Waals surface area contributed by atoms with E-state index in [0.29, 0.717) is 13.1 Å². The molecule has 0 radical (unpaired) electrons. The van der Waals surface area contributed by atoms with E-state index in [1.165, 1.54) is 0 Å². The minimum absolute atomic E-state index is 0.133. The third kappa shape index (κ3) is 3.93. The van der Waals surface area contributed by atoms with Gasteiger partial charge in [0.15, 0.2) is 5.65 Å². The van der Waals surface area contributed by atoms with E-state index in [4.69, 9.17) is 0 Å². The summed E-state index contributed by atoms with van der Waals surface area (Å²) in [5.41, 5.74) is 4.27. The smallest absolute Gasteiger partial charge is 0.214 e. The Labute approximate surface area is 165 Å². The van der Waals surface area contributed by atoms with Crippen molar-refractivity contribution in [1.29, 1.82) is 0 Å². The lowest BCUT2D eigenvalue weighted by molar-refractivity contribution is 0.449. The van der Waals surface area contributed by atoms with Crippen LogP contribution in [-0.4, -0.2) is 51.5 Å². The Bertz CT molecular complexity index is 1080. The normalized spacial score (nSPS) is 18.3. The molecular weight excluding hydrogens is 374 g/mol. The van der Waals surface area contributed by atoms with Gasteiger partial charge in [0.2, 0.25) is 10.0 Å². The third-order valence-corrected chi connectivity index (χ3v) is 7.30. The number of fused-ring (bicyclic) bond motifs is 1. The number of sulfonamides is 1. The van der Waals surface area contributed by atoms with Gasteiger partial charge >= 0.3 is 0 Å². The molecule has 1 aliphatic heterocycles. The second kappa shape index (κ2) is 7.60. The Balaban J connectivity index is 1.53. The van der Waals surface area contributed by atoms with Crippen molar-refractivity contribution in [2.45, 2.75) is 26.7 Å². The van der Waals surface area contributed by atoms with Gasteiger partial charge in [-0.3, -0.25) is 4.98 Å². The summed E-state index contributed by atoms with van der Waals surface area (Å²) in [4.78, 5) is 16.7. The van der Waals surface area contributed by atoms with E-state index in [9.17, 15) is 8.42 Å². The van der Waals surface area contributed by atoms with E-state index in [1.807, 2.05) is 38.2 Å². The van der Waals surface area contributed by atoms with Gasteiger partial charge in [0, 0.05) is 31.0 Å². The molecule has 1 N–H and O–H groups in total. The second-order valence-corrected chi connectivity index (χ2v) is 9.87. The molecule has 7 nitrogen and oxygen atoms in total. The van der Waals surface area contributed by atoms with E-state index in [1.54, 1.807) is 16.7 Å². The highest BCUT2D eigenvalue weighted by Gasteiger charge is 2.32. The predicted molar refractivity (Wildman–Crippen MR) is 109 cm³/mol. The van der Waals surface area contributed by atoms with Crippen LogP contribution in [0.2, 0.25) is 0 Å². The van der Waals surface area contributed by atoms with Gasteiger partial charge in [0.05, 0.1) is 23.3 Å². The van der Waals surface area contributed by atoms with E-state index >= 15 is 0 Å². The van der Waals surface area contributed by atoms with Gasteiger partial charge < -0.3 is 4.98 Å². The molecule has 1 saturated heterocycles. The zero-order valence-electron chi connectivity index (χ0n) is 16.2. The number of nitrogens with zero attached hydrogens (tertiary/aromatic N) is 4. The highest BCUT2D eigenvalue weighted by Crippen LogP contribution is 2.28. The zero-order valence-corrected chi connectivity index (χ0v) is 17.0. The molecule has 4 heterocycles. The van der Waals surface area contributed by atoms with E-state index < -0.39 is 10.0 Å². The summed E-state index contributed by atoms with van der Waals surface area (Å²) in [7, 11) is -3.18. The van der Waals surface area contributed by atoms with Crippen LogP contribution in [0, 0.1) is 11.8 Å². The average Bonchev–Trinajstić information content (AvgIpc) is 3.30. The maximum absolute atomic E-state index is 12.5. The molecule has 0 amide bonds. The number of rotatable bonds is 6. The Kier molecular flexibility index (Phi) is 5.16. The Morgan fingerprint density at radius 2 is 2.14 bits per heavy atom. The molecule has 3 aromatic heterocycles. The Morgan fingerprint density at radius 3 is 2.96 bits per heavy atom. The maximum Gasteiger partial charge on any atom is 0.214 e. The van der Waals surface area contributed by atoms with Crippen LogP contribution in [0.1, 0.15) is 26.0 Å². The molecule has 28 heavy (non-hydrogen) atoms. The van der Waals surface area contributed by atoms with Crippen LogP contribution in [0.15, 0.2) is 36.8 Å². The maximum atomic E-state index is 12.5. The van der Waals surface area contributed by atoms with Crippen molar-refractivity contribution < 1.29 is 8.42 Å². The summed E-state index contributed by atoms with van der Waals surface area (Å²) >= 11 is 0. The average molecular weight is 400 g/mol. The Morgan fingerprint density at radius 1 is 1.29 bits per heavy atom. The monoisotopic (exact) mass is 399 g/mol. The molecule has 0 aromatic carbocycles. The highest BCUT2D eigenvalue weighted by molar-refractivity contribution is 7.89. The minimum Gasteiger partial charge on any atom is -0.345 e. The number of aromatic amines is 1. The Hall–Kier alpha value is -2.32. The standard InChI is InChI=1S/C20H25N5O2S/c1-14(2)13-28(26,27)25-9-6-15(12-25)10-18-16(4-3-7-21-18)19-11-23-20-17(24-19)5-8-22-20/h3-5,7-8,11,14-15H,6,9-10,12-13H2,1-2H3,(H,22,23)/t15-/m0/s1. The third-order valence-electron chi connectivity index (χ3n) is 5.09. The summed E-state index contributed by atoms with van der Waals surface area (Å²) in [5, 5.41) is 0. The molecule has 148 valence electrons. The van der Waals surface area contributed by atoms with E-state index in [0.717, 1.165) is 41.0 Å². The number of nitrogens with one attached hydrogen (secondary N) is 1. The van der Waals surface area contributed by atoms with Crippen molar-refractivity contribution in [1.82, 2.24) is 24.2 Å². The van der Waals surface area contributed by atoms with Crippen LogP contribution in [-0.2, 0) is 16.4 Å². The highest BCUT2D eigenvalue weighted by atomic mass is 32.2. The van der Waals surface area contributed by atoms with Crippen molar-refractivity contribution >= 4 is 21.2 Å². The molecule has 0 spiro atoms. The molecule has 8 heteroatoms. The minimum atomic E-state index is -3.18. The van der Waals surface area contributed by atoms with Crippen molar-refractivity contribution in [3.63, 3.8) is 0 Å². The quantitative estimate of drug-likeness (QED) is 0.688. The van der Waals surface area contributed by atoms with Gasteiger partial charge in [-0.05, 0) is 42.9 Å². The lowest BCUT2D eigenvalue weighted by Crippen LogP contribution is -2.32. The summed E-state index contributed by atoms with van der Waals surface area (Å²) in [6, 6.07) is 5.80. The van der Waals surface area contributed by atoms with Crippen LogP contribution < -0.4 is 0 Å². The first-order chi connectivity index (χ1) is 13.4. The van der Waals surface area contributed by atoms with Crippen LogP contribution in [0.25, 0.3) is 22.4 Å². The predicted octanol–water partition coefficient (Wildman–Crippen LogP) is 2.87. The van der Waals surface area contributed by atoms with Gasteiger partial charge in [-0.1, -0.05) is 13.8 Å². The largest absolute Gasteiger partial charge is 0.345 e. The summed E-state index contributed by atoms with van der Waals surface area (Å²) in [5.74, 6) is 0.605. The lowest BCUT2D eigenvalue weighted by Gasteiger charge is -2.18. The van der Waals surface area contributed by atoms with Crippen molar-refractivity contribution in [3.8, 4) is 11.3 Å². The van der Waals surface area contributed by atoms with Crippen molar-refractivity contribution in [2.24, 2.45) is 11.8 Å². The molecule has 3 aromatic rings. The molecular formula is C20H25N5O2S. The second-order valence-electron chi connectivity index (χ2n) is 7.85. The molecule has 0 unspecified atom stereocenters. The van der Waals surface area contributed by atoms with Crippen molar-refractivity contribution in [2.75, 3.05) is 18.8 Å². The fourth-order valence-corrected chi connectivity index (χ4v) is 5.69. The molecule has 0 aliphatic carbocycles. The summed E-state index contributed by atoms with van der Waals surface area (Å²) in [6.07, 6.45) is 6.95. The number of aromatic nitrogens is 4. The van der Waals surface area contributed by atoms with Gasteiger partial charge in [0.1, 0.15) is 5.52 Å². The lowest BCUT2D eigenvalue weighted by atomic mass is 9.98. The first-order valence-corrected chi connectivity index (χ1v) is 11.3. The number of hydrogen-bond acceptors (Lipinski definition) is 5. The number of pyridine rings is 1. The SMILES string of the molecule is CC(C)CS(=O)(=O)N1CC[C@@H](Cc2ncccc2-c2cnc3[nH]ccc3n2)C1. The first kappa shape index (κ1) is 19.0. The van der Waals surface area contributed by atoms with Gasteiger partial charge in [-0.25, -0.2) is 22.7 Å². The zero-order chi connectivity index (χ0) is 19.7. The van der Waals surface area contributed by atoms with Gasteiger partial charge in [0.25, 0.3) is 0 Å². The molecule has 1 fully saturated rings. The molecule has 0 saturated carbocycles. The van der Waals surface area contributed by atoms with Crippen LogP contribution in [0.5, 0.6) is 0 Å². The molecule has 1 aliphatic rings. The molecule has 4 rings (SSSR count). The fraction of sp³-hybridized carbons (Fsp3) is 0.450. The van der Waals surface area contributed by atoms with Crippen LogP contribution in [0.3, 0.4) is 0 Å². The fourth-order valence-electron chi connectivity index (χ4n) is 3.81.